The van der Waals surface area contributed by atoms with Crippen molar-refractivity contribution in [3.05, 3.63) is 29.3 Å². The molecule has 6 heteroatoms. The number of carbonyl (C=O) groups is 1. The minimum atomic E-state index is -3.55. The monoisotopic (exact) mass is 324 g/mol. The molecule has 1 atom stereocenters. The maximum absolute atomic E-state index is 12.4. The van der Waals surface area contributed by atoms with Gasteiger partial charge in [-0.2, -0.15) is 0 Å². The van der Waals surface area contributed by atoms with Crippen LogP contribution in [0.25, 0.3) is 0 Å². The van der Waals surface area contributed by atoms with E-state index in [1.807, 2.05) is 32.9 Å². The summed E-state index contributed by atoms with van der Waals surface area (Å²) in [6.45, 7) is 5.74. The maximum Gasteiger partial charge on any atom is 0.244 e. The fraction of sp³-hybridized carbons (Fsp3) is 0.562. The first-order chi connectivity index (χ1) is 10.2. The Morgan fingerprint density at radius 3 is 2.41 bits per heavy atom. The molecule has 0 spiro atoms. The highest BCUT2D eigenvalue weighted by atomic mass is 32.2. The quantitative estimate of drug-likeness (QED) is 0.871. The number of rotatable bonds is 6. The van der Waals surface area contributed by atoms with Gasteiger partial charge in [-0.3, -0.25) is 9.10 Å². The molecule has 2 rings (SSSR count). The summed E-state index contributed by atoms with van der Waals surface area (Å²) in [5.41, 5.74) is 2.64. The third-order valence-corrected chi connectivity index (χ3v) is 5.18. The largest absolute Gasteiger partial charge is 0.352 e. The summed E-state index contributed by atoms with van der Waals surface area (Å²) in [5.74, 6) is -0.214. The predicted molar refractivity (Wildman–Crippen MR) is 88.5 cm³/mol. The first kappa shape index (κ1) is 16.8. The molecule has 22 heavy (non-hydrogen) atoms. The van der Waals surface area contributed by atoms with Crippen molar-refractivity contribution >= 4 is 21.6 Å². The third kappa shape index (κ3) is 3.80. The van der Waals surface area contributed by atoms with Gasteiger partial charge in [-0.15, -0.1) is 0 Å². The van der Waals surface area contributed by atoms with Crippen LogP contribution in [0.3, 0.4) is 0 Å². The standard InChI is InChI=1S/C16H24N2O3S/c1-5-15(16(19)17-13-7-8-13)18(22(4,20)21)14-9-6-11(2)12(3)10-14/h6,9-10,13,15H,5,7-8H2,1-4H3,(H,17,19)/t15-/m1/s1. The van der Waals surface area contributed by atoms with E-state index in [-0.39, 0.29) is 11.9 Å². The third-order valence-electron chi connectivity index (χ3n) is 4.00. The van der Waals surface area contributed by atoms with Crippen LogP contribution in [-0.2, 0) is 14.8 Å². The molecular formula is C16H24N2O3S. The molecule has 0 aliphatic heterocycles. The maximum atomic E-state index is 12.4. The minimum Gasteiger partial charge on any atom is -0.352 e. The highest BCUT2D eigenvalue weighted by Crippen LogP contribution is 2.26. The Balaban J connectivity index is 2.39. The average Bonchev–Trinajstić information content (AvgIpc) is 3.21. The molecule has 5 nitrogen and oxygen atoms in total. The molecule has 0 unspecified atom stereocenters. The van der Waals surface area contributed by atoms with Gasteiger partial charge in [0.2, 0.25) is 15.9 Å². The molecule has 1 aromatic rings. The molecule has 1 aromatic carbocycles. The topological polar surface area (TPSA) is 66.5 Å². The summed E-state index contributed by atoms with van der Waals surface area (Å²) in [4.78, 5) is 12.4. The summed E-state index contributed by atoms with van der Waals surface area (Å²) in [5, 5.41) is 2.91. The molecule has 0 radical (unpaired) electrons. The van der Waals surface area contributed by atoms with E-state index < -0.39 is 16.1 Å². The van der Waals surface area contributed by atoms with Crippen LogP contribution in [0, 0.1) is 13.8 Å². The number of nitrogens with one attached hydrogen (secondary N) is 1. The number of nitrogens with zero attached hydrogens (tertiary/aromatic N) is 1. The molecule has 0 saturated heterocycles. The average molecular weight is 324 g/mol. The normalized spacial score (nSPS) is 16.2. The lowest BCUT2D eigenvalue weighted by Crippen LogP contribution is -2.49. The summed E-state index contributed by atoms with van der Waals surface area (Å²) < 4.78 is 25.8. The van der Waals surface area contributed by atoms with Gasteiger partial charge in [0.25, 0.3) is 0 Å². The lowest BCUT2D eigenvalue weighted by atomic mass is 10.1. The van der Waals surface area contributed by atoms with Crippen molar-refractivity contribution < 1.29 is 13.2 Å². The highest BCUT2D eigenvalue weighted by molar-refractivity contribution is 7.92. The zero-order valence-electron chi connectivity index (χ0n) is 13.6. The second-order valence-corrected chi connectivity index (χ2v) is 7.89. The first-order valence-corrected chi connectivity index (χ1v) is 9.46. The molecule has 1 aliphatic carbocycles. The molecule has 0 bridgehead atoms. The lowest BCUT2D eigenvalue weighted by Gasteiger charge is -2.30. The number of anilines is 1. The number of carbonyl (C=O) groups excluding carboxylic acids is 1. The smallest absolute Gasteiger partial charge is 0.244 e. The van der Waals surface area contributed by atoms with E-state index in [2.05, 4.69) is 5.32 Å². The van der Waals surface area contributed by atoms with Crippen LogP contribution in [0.1, 0.15) is 37.3 Å². The van der Waals surface area contributed by atoms with Crippen molar-refractivity contribution in [2.75, 3.05) is 10.6 Å². The molecule has 1 N–H and O–H groups in total. The van der Waals surface area contributed by atoms with Gasteiger partial charge in [0.05, 0.1) is 11.9 Å². The van der Waals surface area contributed by atoms with Gasteiger partial charge in [0.1, 0.15) is 6.04 Å². The Bertz CT molecular complexity index is 666. The van der Waals surface area contributed by atoms with Gasteiger partial charge >= 0.3 is 0 Å². The number of hydrogen-bond acceptors (Lipinski definition) is 3. The fourth-order valence-corrected chi connectivity index (χ4v) is 3.65. The molecule has 0 aromatic heterocycles. The first-order valence-electron chi connectivity index (χ1n) is 7.61. The molecule has 1 amide bonds. The van der Waals surface area contributed by atoms with E-state index >= 15 is 0 Å². The summed E-state index contributed by atoms with van der Waals surface area (Å²) >= 11 is 0. The number of hydrogen-bond donors (Lipinski definition) is 1. The van der Waals surface area contributed by atoms with Crippen LogP contribution in [0.2, 0.25) is 0 Å². The van der Waals surface area contributed by atoms with Crippen LogP contribution >= 0.6 is 0 Å². The minimum absolute atomic E-state index is 0.211. The summed E-state index contributed by atoms with van der Waals surface area (Å²) in [6, 6.07) is 4.97. The predicted octanol–water partition coefficient (Wildman–Crippen LogP) is 2.13. The molecular weight excluding hydrogens is 300 g/mol. The van der Waals surface area contributed by atoms with Crippen LogP contribution in [-0.4, -0.2) is 32.7 Å². The number of benzene rings is 1. The van der Waals surface area contributed by atoms with Gasteiger partial charge in [0, 0.05) is 6.04 Å². The van der Waals surface area contributed by atoms with Gasteiger partial charge in [-0.1, -0.05) is 13.0 Å². The Morgan fingerprint density at radius 2 is 1.95 bits per heavy atom. The van der Waals surface area contributed by atoms with E-state index in [0.717, 1.165) is 30.2 Å². The number of aryl methyl sites for hydroxylation is 2. The SMILES string of the molecule is CC[C@H](C(=O)NC1CC1)N(c1ccc(C)c(C)c1)S(C)(=O)=O. The van der Waals surface area contributed by atoms with Crippen LogP contribution in [0.15, 0.2) is 18.2 Å². The van der Waals surface area contributed by atoms with E-state index in [9.17, 15) is 13.2 Å². The van der Waals surface area contributed by atoms with Gasteiger partial charge in [-0.05, 0) is 56.4 Å². The van der Waals surface area contributed by atoms with Crippen LogP contribution in [0.4, 0.5) is 5.69 Å². The lowest BCUT2D eigenvalue weighted by molar-refractivity contribution is -0.122. The fourth-order valence-electron chi connectivity index (χ4n) is 2.45. The van der Waals surface area contributed by atoms with Crippen molar-refractivity contribution in [2.45, 2.75) is 52.1 Å². The second kappa shape index (κ2) is 6.28. The molecule has 1 aliphatic rings. The van der Waals surface area contributed by atoms with Gasteiger partial charge < -0.3 is 5.32 Å². The summed E-state index contributed by atoms with van der Waals surface area (Å²) in [7, 11) is -3.55. The zero-order chi connectivity index (χ0) is 16.5. The Labute approximate surface area is 132 Å². The van der Waals surface area contributed by atoms with Crippen molar-refractivity contribution in [3.8, 4) is 0 Å². The number of amides is 1. The van der Waals surface area contributed by atoms with E-state index in [1.54, 1.807) is 6.07 Å². The highest BCUT2D eigenvalue weighted by Gasteiger charge is 2.34. The van der Waals surface area contributed by atoms with Crippen LogP contribution < -0.4 is 9.62 Å². The van der Waals surface area contributed by atoms with E-state index in [0.29, 0.717) is 12.1 Å². The van der Waals surface area contributed by atoms with Crippen LogP contribution in [0.5, 0.6) is 0 Å². The molecule has 122 valence electrons. The van der Waals surface area contributed by atoms with E-state index in [1.165, 1.54) is 4.31 Å². The van der Waals surface area contributed by atoms with Crippen molar-refractivity contribution in [1.29, 1.82) is 0 Å². The molecule has 1 saturated carbocycles. The van der Waals surface area contributed by atoms with E-state index in [4.69, 9.17) is 0 Å². The van der Waals surface area contributed by atoms with Crippen molar-refractivity contribution in [2.24, 2.45) is 0 Å². The Morgan fingerprint density at radius 1 is 1.32 bits per heavy atom. The molecule has 0 heterocycles. The second-order valence-electron chi connectivity index (χ2n) is 6.03. The van der Waals surface area contributed by atoms with Crippen molar-refractivity contribution in [1.82, 2.24) is 5.32 Å². The zero-order valence-corrected chi connectivity index (χ0v) is 14.4. The Kier molecular flexibility index (Phi) is 4.80. The number of sulfonamides is 1. The Hall–Kier alpha value is -1.56. The van der Waals surface area contributed by atoms with Crippen molar-refractivity contribution in [3.63, 3.8) is 0 Å². The van der Waals surface area contributed by atoms with Gasteiger partial charge in [0.15, 0.2) is 0 Å². The molecule has 1 fully saturated rings. The van der Waals surface area contributed by atoms with Gasteiger partial charge in [-0.25, -0.2) is 8.42 Å². The summed E-state index contributed by atoms with van der Waals surface area (Å²) in [6.07, 6.45) is 3.53.